The molecule has 0 aliphatic rings. The lowest BCUT2D eigenvalue weighted by Crippen LogP contribution is -2.30. The summed E-state index contributed by atoms with van der Waals surface area (Å²) in [7, 11) is 0. The average Bonchev–Trinajstić information content (AvgIpc) is 3.17. The van der Waals surface area contributed by atoms with Crippen LogP contribution in [0.2, 0.25) is 0 Å². The minimum absolute atomic E-state index is 0.0600. The minimum atomic E-state index is -0.564. The molecular formula is C49H86O5. The first-order valence-corrected chi connectivity index (χ1v) is 22.8. The smallest absolute Gasteiger partial charge is 0.306 e. The second kappa shape index (κ2) is 45.0. The van der Waals surface area contributed by atoms with Crippen LogP contribution < -0.4 is 0 Å². The zero-order chi connectivity index (χ0) is 39.3. The van der Waals surface area contributed by atoms with Gasteiger partial charge in [0.15, 0.2) is 6.10 Å². The maximum atomic E-state index is 12.7. The quantitative estimate of drug-likeness (QED) is 0.0353. The molecule has 0 N–H and O–H groups in total. The van der Waals surface area contributed by atoms with Crippen molar-refractivity contribution in [2.24, 2.45) is 0 Å². The number of rotatable bonds is 41. The SMILES string of the molecule is CC/C=C\C/C=C\C/C=C\C/C=C\CCCOCC(COC(=O)CCCCCCC/C=C\CCCCCC)OC(=O)CCCCCCCCCCCCC. The van der Waals surface area contributed by atoms with Crippen LogP contribution in [0, 0.1) is 0 Å². The highest BCUT2D eigenvalue weighted by Gasteiger charge is 2.17. The number of ether oxygens (including phenoxy) is 3. The van der Waals surface area contributed by atoms with Crippen molar-refractivity contribution in [2.75, 3.05) is 19.8 Å². The Labute approximate surface area is 334 Å². The lowest BCUT2D eigenvalue weighted by atomic mass is 10.1. The lowest BCUT2D eigenvalue weighted by Gasteiger charge is -2.18. The summed E-state index contributed by atoms with van der Waals surface area (Å²) in [5, 5.41) is 0. The van der Waals surface area contributed by atoms with Gasteiger partial charge in [0.2, 0.25) is 0 Å². The van der Waals surface area contributed by atoms with Gasteiger partial charge in [0.05, 0.1) is 6.61 Å². The van der Waals surface area contributed by atoms with Crippen LogP contribution in [-0.4, -0.2) is 37.9 Å². The number of hydrogen-bond acceptors (Lipinski definition) is 5. The molecule has 0 rings (SSSR count). The average molecular weight is 755 g/mol. The zero-order valence-electron chi connectivity index (χ0n) is 35.7. The molecule has 0 saturated carbocycles. The van der Waals surface area contributed by atoms with E-state index in [-0.39, 0.29) is 25.2 Å². The van der Waals surface area contributed by atoms with E-state index in [9.17, 15) is 9.59 Å². The first kappa shape index (κ1) is 51.6. The fourth-order valence-corrected chi connectivity index (χ4v) is 6.15. The number of carbonyl (C=O) groups is 2. The minimum Gasteiger partial charge on any atom is -0.462 e. The Hall–Kier alpha value is -2.40. The Kier molecular flexibility index (Phi) is 43.0. The summed E-state index contributed by atoms with van der Waals surface area (Å²) in [5.41, 5.74) is 0. The van der Waals surface area contributed by atoms with Crippen LogP contribution in [-0.2, 0) is 23.8 Å². The second-order valence-electron chi connectivity index (χ2n) is 14.9. The van der Waals surface area contributed by atoms with Crippen LogP contribution >= 0.6 is 0 Å². The van der Waals surface area contributed by atoms with Gasteiger partial charge in [-0.15, -0.1) is 0 Å². The van der Waals surface area contributed by atoms with E-state index in [4.69, 9.17) is 14.2 Å². The van der Waals surface area contributed by atoms with Gasteiger partial charge in [-0.1, -0.05) is 184 Å². The number of allylic oxidation sites excluding steroid dienone is 10. The molecule has 1 atom stereocenters. The van der Waals surface area contributed by atoms with Crippen LogP contribution in [0.1, 0.15) is 213 Å². The van der Waals surface area contributed by atoms with Crippen LogP contribution in [0.3, 0.4) is 0 Å². The summed E-state index contributed by atoms with van der Waals surface area (Å²) < 4.78 is 17.2. The van der Waals surface area contributed by atoms with Crippen molar-refractivity contribution in [3.8, 4) is 0 Å². The Bertz CT molecular complexity index is 946. The fourth-order valence-electron chi connectivity index (χ4n) is 6.15. The van der Waals surface area contributed by atoms with Crippen molar-refractivity contribution in [2.45, 2.75) is 219 Å². The molecule has 0 fully saturated rings. The summed E-state index contributed by atoms with van der Waals surface area (Å²) in [6.07, 6.45) is 55.1. The Balaban J connectivity index is 4.35. The third-order valence-electron chi connectivity index (χ3n) is 9.54. The largest absolute Gasteiger partial charge is 0.462 e. The fraction of sp³-hybridized carbons (Fsp3) is 0.755. The van der Waals surface area contributed by atoms with Gasteiger partial charge in [0, 0.05) is 19.4 Å². The highest BCUT2D eigenvalue weighted by atomic mass is 16.6. The maximum absolute atomic E-state index is 12.7. The molecule has 5 heteroatoms. The maximum Gasteiger partial charge on any atom is 0.306 e. The molecule has 0 aliphatic heterocycles. The van der Waals surface area contributed by atoms with Gasteiger partial charge in [0.1, 0.15) is 6.61 Å². The molecule has 5 nitrogen and oxygen atoms in total. The van der Waals surface area contributed by atoms with Gasteiger partial charge >= 0.3 is 11.9 Å². The number of esters is 2. The molecule has 312 valence electrons. The third-order valence-corrected chi connectivity index (χ3v) is 9.54. The molecule has 0 radical (unpaired) electrons. The van der Waals surface area contributed by atoms with E-state index in [1.54, 1.807) is 0 Å². The van der Waals surface area contributed by atoms with E-state index in [2.05, 4.69) is 81.5 Å². The number of carbonyl (C=O) groups excluding carboxylic acids is 2. The van der Waals surface area contributed by atoms with Crippen molar-refractivity contribution in [1.82, 2.24) is 0 Å². The number of hydrogen-bond donors (Lipinski definition) is 0. The first-order valence-electron chi connectivity index (χ1n) is 22.8. The molecule has 0 aromatic carbocycles. The Morgan fingerprint density at radius 1 is 0.426 bits per heavy atom. The topological polar surface area (TPSA) is 61.8 Å². The van der Waals surface area contributed by atoms with Crippen molar-refractivity contribution < 1.29 is 23.8 Å². The van der Waals surface area contributed by atoms with E-state index < -0.39 is 6.10 Å². The summed E-state index contributed by atoms with van der Waals surface area (Å²) in [4.78, 5) is 25.2. The Morgan fingerprint density at radius 2 is 0.833 bits per heavy atom. The van der Waals surface area contributed by atoms with Crippen LogP contribution in [0.4, 0.5) is 0 Å². The van der Waals surface area contributed by atoms with Crippen molar-refractivity contribution in [3.05, 3.63) is 60.8 Å². The zero-order valence-corrected chi connectivity index (χ0v) is 35.7. The Morgan fingerprint density at radius 3 is 1.37 bits per heavy atom. The predicted molar refractivity (Wildman–Crippen MR) is 233 cm³/mol. The van der Waals surface area contributed by atoms with Gasteiger partial charge < -0.3 is 14.2 Å². The molecule has 0 aromatic heterocycles. The normalized spacial score (nSPS) is 12.7. The molecule has 54 heavy (non-hydrogen) atoms. The van der Waals surface area contributed by atoms with Crippen molar-refractivity contribution in [1.29, 1.82) is 0 Å². The lowest BCUT2D eigenvalue weighted by molar-refractivity contribution is -0.163. The molecule has 0 saturated heterocycles. The van der Waals surface area contributed by atoms with Crippen LogP contribution in [0.15, 0.2) is 60.8 Å². The van der Waals surface area contributed by atoms with E-state index in [1.807, 2.05) is 0 Å². The molecule has 0 bridgehead atoms. The molecular weight excluding hydrogens is 669 g/mol. The highest BCUT2D eigenvalue weighted by molar-refractivity contribution is 5.70. The predicted octanol–water partition coefficient (Wildman–Crippen LogP) is 15.0. The molecule has 0 heterocycles. The third kappa shape index (κ3) is 42.3. The molecule has 0 aromatic rings. The van der Waals surface area contributed by atoms with Gasteiger partial charge in [-0.3, -0.25) is 9.59 Å². The number of unbranched alkanes of at least 4 members (excludes halogenated alkanes) is 20. The van der Waals surface area contributed by atoms with Gasteiger partial charge in [-0.25, -0.2) is 0 Å². The van der Waals surface area contributed by atoms with Crippen molar-refractivity contribution in [3.63, 3.8) is 0 Å². The second-order valence-corrected chi connectivity index (χ2v) is 14.9. The molecule has 0 aliphatic carbocycles. The van der Waals surface area contributed by atoms with Crippen LogP contribution in [0.5, 0.6) is 0 Å². The van der Waals surface area contributed by atoms with Gasteiger partial charge in [-0.05, 0) is 77.0 Å². The van der Waals surface area contributed by atoms with E-state index in [0.29, 0.717) is 19.4 Å². The monoisotopic (exact) mass is 755 g/mol. The van der Waals surface area contributed by atoms with E-state index >= 15 is 0 Å². The van der Waals surface area contributed by atoms with Crippen molar-refractivity contribution >= 4 is 11.9 Å². The summed E-state index contributed by atoms with van der Waals surface area (Å²) in [6, 6.07) is 0. The van der Waals surface area contributed by atoms with Crippen LogP contribution in [0.25, 0.3) is 0 Å². The standard InChI is InChI=1S/C49H86O5/c1-4-7-10-13-16-19-22-24-26-29-32-35-38-41-44-52-45-47(54-49(51)43-40-37-34-31-27-21-18-15-12-9-6-3)46-53-48(50)42-39-36-33-30-28-25-23-20-17-14-11-8-5-2/h7,10,16,19-20,23-24,26,32,35,47H,4-6,8-9,11-15,17-18,21-22,25,27-31,33-34,36-46H2,1-3H3/b10-7-,19-16-,23-20-,26-24-,35-32-. The highest BCUT2D eigenvalue weighted by Crippen LogP contribution is 2.14. The first-order chi connectivity index (χ1) is 26.6. The molecule has 0 amide bonds. The van der Waals surface area contributed by atoms with E-state index in [0.717, 1.165) is 77.0 Å². The molecule has 0 spiro atoms. The summed E-state index contributed by atoms with van der Waals surface area (Å²) >= 11 is 0. The van der Waals surface area contributed by atoms with E-state index in [1.165, 1.54) is 103 Å². The molecule has 1 unspecified atom stereocenters. The summed E-state index contributed by atoms with van der Waals surface area (Å²) in [5.74, 6) is -0.437. The van der Waals surface area contributed by atoms with Gasteiger partial charge in [-0.2, -0.15) is 0 Å². The summed E-state index contributed by atoms with van der Waals surface area (Å²) in [6.45, 7) is 7.55. The van der Waals surface area contributed by atoms with Gasteiger partial charge in [0.25, 0.3) is 0 Å².